The van der Waals surface area contributed by atoms with Crippen molar-refractivity contribution in [1.82, 2.24) is 10.2 Å². The molecule has 142 valence electrons. The van der Waals surface area contributed by atoms with Crippen molar-refractivity contribution in [2.24, 2.45) is 0 Å². The van der Waals surface area contributed by atoms with E-state index in [1.54, 1.807) is 18.4 Å². The molecule has 1 aromatic heterocycles. The zero-order valence-corrected chi connectivity index (χ0v) is 14.5. The first kappa shape index (κ1) is 18.8. The van der Waals surface area contributed by atoms with Crippen LogP contribution in [0.4, 0.5) is 13.2 Å². The van der Waals surface area contributed by atoms with E-state index < -0.39 is 12.8 Å². The minimum Gasteiger partial charge on any atom is -0.484 e. The lowest BCUT2D eigenvalue weighted by molar-refractivity contribution is -0.153. The molecular formula is C19H23F3N2O2. The number of furan rings is 1. The molecule has 4 nitrogen and oxygen atoms in total. The number of hydrogen-bond acceptors (Lipinski definition) is 4. The van der Waals surface area contributed by atoms with Gasteiger partial charge in [-0.15, -0.1) is 0 Å². The van der Waals surface area contributed by atoms with Crippen LogP contribution in [0.2, 0.25) is 0 Å². The van der Waals surface area contributed by atoms with Crippen molar-refractivity contribution in [2.75, 3.05) is 26.2 Å². The molecule has 1 saturated heterocycles. The molecule has 0 bridgehead atoms. The molecule has 1 atom stereocenters. The zero-order chi connectivity index (χ0) is 18.4. The van der Waals surface area contributed by atoms with Crippen molar-refractivity contribution in [3.05, 3.63) is 54.0 Å². The van der Waals surface area contributed by atoms with Gasteiger partial charge in [-0.05, 0) is 55.8 Å². The van der Waals surface area contributed by atoms with Gasteiger partial charge < -0.3 is 14.5 Å². The van der Waals surface area contributed by atoms with E-state index in [1.807, 2.05) is 18.2 Å². The number of nitrogens with zero attached hydrogens (tertiary/aromatic N) is 1. The summed E-state index contributed by atoms with van der Waals surface area (Å²) in [6.07, 6.45) is -0.272. The molecule has 3 rings (SSSR count). The van der Waals surface area contributed by atoms with E-state index in [0.717, 1.165) is 24.4 Å². The van der Waals surface area contributed by atoms with Gasteiger partial charge in [-0.1, -0.05) is 12.1 Å². The third-order valence-corrected chi connectivity index (χ3v) is 4.42. The molecule has 0 radical (unpaired) electrons. The van der Waals surface area contributed by atoms with Gasteiger partial charge in [0, 0.05) is 13.1 Å². The Morgan fingerprint density at radius 2 is 1.96 bits per heavy atom. The Labute approximate surface area is 150 Å². The summed E-state index contributed by atoms with van der Waals surface area (Å²) in [5.41, 5.74) is 0.879. The second kappa shape index (κ2) is 8.60. The van der Waals surface area contributed by atoms with Crippen LogP contribution in [0.15, 0.2) is 47.1 Å². The predicted molar refractivity (Wildman–Crippen MR) is 92.0 cm³/mol. The standard InChI is InChI=1S/C19H23F3N2O2/c20-19(21,22)14-26-16-6-3-5-15(11-16)12-23-13-17(18-7-4-10-25-18)24-8-1-2-9-24/h3-7,10-11,17,23H,1-2,8-9,12-14H2. The number of rotatable bonds is 8. The topological polar surface area (TPSA) is 37.6 Å². The highest BCUT2D eigenvalue weighted by atomic mass is 19.4. The normalized spacial score (nSPS) is 16.7. The van der Waals surface area contributed by atoms with Gasteiger partial charge in [0.25, 0.3) is 0 Å². The summed E-state index contributed by atoms with van der Waals surface area (Å²) in [5.74, 6) is 1.16. The molecule has 1 aromatic carbocycles. The first-order valence-electron chi connectivity index (χ1n) is 8.78. The minimum atomic E-state index is -4.33. The molecule has 1 N–H and O–H groups in total. The summed E-state index contributed by atoms with van der Waals surface area (Å²) in [6.45, 7) is 2.08. The van der Waals surface area contributed by atoms with Crippen LogP contribution in [0.25, 0.3) is 0 Å². The molecule has 26 heavy (non-hydrogen) atoms. The third kappa shape index (κ3) is 5.51. The highest BCUT2D eigenvalue weighted by Gasteiger charge is 2.28. The van der Waals surface area contributed by atoms with Gasteiger partial charge in [-0.3, -0.25) is 4.90 Å². The van der Waals surface area contributed by atoms with Gasteiger partial charge in [0.2, 0.25) is 0 Å². The SMILES string of the molecule is FC(F)(F)COc1cccc(CNCC(c2ccco2)N2CCCC2)c1. The van der Waals surface area contributed by atoms with E-state index in [2.05, 4.69) is 10.2 Å². The Morgan fingerprint density at radius 3 is 2.65 bits per heavy atom. The van der Waals surface area contributed by atoms with E-state index in [-0.39, 0.29) is 11.8 Å². The van der Waals surface area contributed by atoms with Gasteiger partial charge in [-0.25, -0.2) is 0 Å². The highest BCUT2D eigenvalue weighted by Crippen LogP contribution is 2.25. The summed E-state index contributed by atoms with van der Waals surface area (Å²) in [7, 11) is 0. The number of benzene rings is 1. The number of ether oxygens (including phenoxy) is 1. The van der Waals surface area contributed by atoms with E-state index in [0.29, 0.717) is 13.1 Å². The second-order valence-corrected chi connectivity index (χ2v) is 6.46. The first-order chi connectivity index (χ1) is 12.5. The van der Waals surface area contributed by atoms with Crippen LogP contribution in [0, 0.1) is 0 Å². The molecule has 1 unspecified atom stereocenters. The van der Waals surface area contributed by atoms with Gasteiger partial charge in [0.05, 0.1) is 12.3 Å². The smallest absolute Gasteiger partial charge is 0.422 e. The molecule has 0 spiro atoms. The fraction of sp³-hybridized carbons (Fsp3) is 0.474. The van der Waals surface area contributed by atoms with E-state index in [1.165, 1.54) is 18.9 Å². The summed E-state index contributed by atoms with van der Waals surface area (Å²) < 4.78 is 47.2. The lowest BCUT2D eigenvalue weighted by atomic mass is 10.1. The number of halogens is 3. The molecule has 7 heteroatoms. The Hall–Kier alpha value is -1.99. The highest BCUT2D eigenvalue weighted by molar-refractivity contribution is 5.28. The van der Waals surface area contributed by atoms with Crippen LogP contribution in [-0.2, 0) is 6.54 Å². The molecule has 1 aliphatic rings. The molecule has 0 aliphatic carbocycles. The second-order valence-electron chi connectivity index (χ2n) is 6.46. The lowest BCUT2D eigenvalue weighted by Crippen LogP contribution is -2.33. The van der Waals surface area contributed by atoms with Crippen molar-refractivity contribution in [1.29, 1.82) is 0 Å². The van der Waals surface area contributed by atoms with Crippen LogP contribution in [0.5, 0.6) is 5.75 Å². The number of alkyl halides is 3. The summed E-state index contributed by atoms with van der Waals surface area (Å²) in [5, 5.41) is 3.39. The fourth-order valence-electron chi connectivity index (χ4n) is 3.21. The molecule has 1 fully saturated rings. The van der Waals surface area contributed by atoms with Gasteiger partial charge in [-0.2, -0.15) is 13.2 Å². The third-order valence-electron chi connectivity index (χ3n) is 4.42. The summed E-state index contributed by atoms with van der Waals surface area (Å²) in [6, 6.07) is 10.8. The van der Waals surface area contributed by atoms with Crippen LogP contribution < -0.4 is 10.1 Å². The molecular weight excluding hydrogens is 345 g/mol. The first-order valence-corrected chi connectivity index (χ1v) is 8.78. The van der Waals surface area contributed by atoms with Gasteiger partial charge >= 0.3 is 6.18 Å². The summed E-state index contributed by atoms with van der Waals surface area (Å²) >= 11 is 0. The van der Waals surface area contributed by atoms with Crippen molar-refractivity contribution in [2.45, 2.75) is 31.6 Å². The van der Waals surface area contributed by atoms with E-state index in [9.17, 15) is 13.2 Å². The van der Waals surface area contributed by atoms with Gasteiger partial charge in [0.1, 0.15) is 11.5 Å². The molecule has 1 aliphatic heterocycles. The quantitative estimate of drug-likeness (QED) is 0.760. The maximum Gasteiger partial charge on any atom is 0.422 e. The maximum absolute atomic E-state index is 12.3. The summed E-state index contributed by atoms with van der Waals surface area (Å²) in [4.78, 5) is 2.40. The van der Waals surface area contributed by atoms with Crippen LogP contribution >= 0.6 is 0 Å². The molecule has 0 amide bonds. The van der Waals surface area contributed by atoms with Crippen LogP contribution in [0.3, 0.4) is 0 Å². The van der Waals surface area contributed by atoms with E-state index >= 15 is 0 Å². The maximum atomic E-state index is 12.3. The number of likely N-dealkylation sites (tertiary alicyclic amines) is 1. The monoisotopic (exact) mass is 368 g/mol. The fourth-order valence-corrected chi connectivity index (χ4v) is 3.21. The Kier molecular flexibility index (Phi) is 6.21. The van der Waals surface area contributed by atoms with Crippen molar-refractivity contribution < 1.29 is 22.3 Å². The van der Waals surface area contributed by atoms with Gasteiger partial charge in [0.15, 0.2) is 6.61 Å². The number of nitrogens with one attached hydrogen (secondary N) is 1. The Balaban J connectivity index is 1.54. The van der Waals surface area contributed by atoms with Crippen LogP contribution in [-0.4, -0.2) is 37.3 Å². The van der Waals surface area contributed by atoms with Crippen molar-refractivity contribution in [3.63, 3.8) is 0 Å². The molecule has 2 aromatic rings. The Morgan fingerprint density at radius 1 is 1.15 bits per heavy atom. The van der Waals surface area contributed by atoms with Crippen molar-refractivity contribution >= 4 is 0 Å². The lowest BCUT2D eigenvalue weighted by Gasteiger charge is -2.26. The average Bonchev–Trinajstić information content (AvgIpc) is 3.30. The zero-order valence-electron chi connectivity index (χ0n) is 14.5. The largest absolute Gasteiger partial charge is 0.484 e. The molecule has 2 heterocycles. The number of hydrogen-bond donors (Lipinski definition) is 1. The van der Waals surface area contributed by atoms with E-state index in [4.69, 9.17) is 9.15 Å². The minimum absolute atomic E-state index is 0.164. The predicted octanol–water partition coefficient (Wildman–Crippen LogP) is 4.15. The Bertz CT molecular complexity index is 668. The average molecular weight is 368 g/mol. The van der Waals surface area contributed by atoms with Crippen molar-refractivity contribution in [3.8, 4) is 5.75 Å². The molecule has 0 saturated carbocycles. The van der Waals surface area contributed by atoms with Crippen LogP contribution in [0.1, 0.15) is 30.2 Å².